The average Bonchev–Trinajstić information content (AvgIpc) is 2.54. The van der Waals surface area contributed by atoms with Crippen molar-refractivity contribution in [3.05, 3.63) is 42.1 Å². The van der Waals surface area contributed by atoms with Gasteiger partial charge in [0.25, 0.3) is 0 Å². The maximum atomic E-state index is 5.94. The molecule has 1 aromatic heterocycles. The van der Waals surface area contributed by atoms with Gasteiger partial charge in [-0.2, -0.15) is 0 Å². The van der Waals surface area contributed by atoms with Gasteiger partial charge >= 0.3 is 0 Å². The summed E-state index contributed by atoms with van der Waals surface area (Å²) < 4.78 is 5.90. The molecule has 0 saturated carbocycles. The van der Waals surface area contributed by atoms with Crippen LogP contribution in [0, 0.1) is 0 Å². The lowest BCUT2D eigenvalue weighted by molar-refractivity contribution is -0.0675. The third kappa shape index (κ3) is 2.93. The third-order valence-corrected chi connectivity index (χ3v) is 4.17. The fourth-order valence-corrected chi connectivity index (χ4v) is 3.23. The molecular weight excluding hydrogens is 262 g/mol. The van der Waals surface area contributed by atoms with Crippen LogP contribution in [0.1, 0.15) is 24.9 Å². The van der Waals surface area contributed by atoms with Crippen LogP contribution in [0.15, 0.2) is 36.5 Å². The molecule has 112 valence electrons. The third-order valence-electron chi connectivity index (χ3n) is 4.17. The van der Waals surface area contributed by atoms with Crippen molar-refractivity contribution < 1.29 is 4.74 Å². The molecule has 0 radical (unpaired) electrons. The normalized spacial score (nSPS) is 23.5. The molecule has 1 aliphatic rings. The van der Waals surface area contributed by atoms with Crippen LogP contribution < -0.4 is 5.73 Å². The van der Waals surface area contributed by atoms with Crippen molar-refractivity contribution in [2.24, 2.45) is 5.73 Å². The SMILES string of the molecule is CCCN1CCOC(CN)C1c1ccc2ncccc2c1. The van der Waals surface area contributed by atoms with Crippen LogP contribution in [0.4, 0.5) is 0 Å². The summed E-state index contributed by atoms with van der Waals surface area (Å²) >= 11 is 0. The Labute approximate surface area is 125 Å². The monoisotopic (exact) mass is 285 g/mol. The molecule has 1 fully saturated rings. The molecule has 3 rings (SSSR count). The molecule has 2 atom stereocenters. The van der Waals surface area contributed by atoms with Crippen LogP contribution in [0.5, 0.6) is 0 Å². The number of hydrogen-bond acceptors (Lipinski definition) is 4. The van der Waals surface area contributed by atoms with Gasteiger partial charge in [-0.05, 0) is 36.7 Å². The number of hydrogen-bond donors (Lipinski definition) is 1. The van der Waals surface area contributed by atoms with Crippen LogP contribution in [-0.2, 0) is 4.74 Å². The number of rotatable bonds is 4. The first-order valence-corrected chi connectivity index (χ1v) is 7.74. The van der Waals surface area contributed by atoms with Crippen molar-refractivity contribution in [1.29, 1.82) is 0 Å². The maximum Gasteiger partial charge on any atom is 0.0894 e. The lowest BCUT2D eigenvalue weighted by Crippen LogP contribution is -2.48. The number of fused-ring (bicyclic) bond motifs is 1. The molecule has 0 spiro atoms. The van der Waals surface area contributed by atoms with E-state index in [1.165, 1.54) is 10.9 Å². The van der Waals surface area contributed by atoms with Gasteiger partial charge in [-0.3, -0.25) is 9.88 Å². The highest BCUT2D eigenvalue weighted by atomic mass is 16.5. The van der Waals surface area contributed by atoms with Crippen molar-refractivity contribution in [2.75, 3.05) is 26.2 Å². The highest BCUT2D eigenvalue weighted by Gasteiger charge is 2.32. The van der Waals surface area contributed by atoms with Crippen LogP contribution >= 0.6 is 0 Å². The molecule has 1 saturated heterocycles. The average molecular weight is 285 g/mol. The Morgan fingerprint density at radius 3 is 3.10 bits per heavy atom. The Morgan fingerprint density at radius 1 is 1.38 bits per heavy atom. The number of morpholine rings is 1. The standard InChI is InChI=1S/C17H23N3O/c1-2-8-20-9-10-21-16(12-18)17(20)14-5-6-15-13(11-14)4-3-7-19-15/h3-7,11,16-17H,2,8-10,12,18H2,1H3. The van der Waals surface area contributed by atoms with Crippen molar-refractivity contribution >= 4 is 10.9 Å². The fraction of sp³-hybridized carbons (Fsp3) is 0.471. The molecule has 0 amide bonds. The van der Waals surface area contributed by atoms with Crippen molar-refractivity contribution in [3.8, 4) is 0 Å². The molecule has 4 nitrogen and oxygen atoms in total. The Bertz CT molecular complexity index is 599. The second-order valence-corrected chi connectivity index (χ2v) is 5.58. The van der Waals surface area contributed by atoms with Crippen LogP contribution in [-0.4, -0.2) is 42.2 Å². The van der Waals surface area contributed by atoms with E-state index in [9.17, 15) is 0 Å². The largest absolute Gasteiger partial charge is 0.374 e. The summed E-state index contributed by atoms with van der Waals surface area (Å²) in [5.74, 6) is 0. The summed E-state index contributed by atoms with van der Waals surface area (Å²) in [7, 11) is 0. The summed E-state index contributed by atoms with van der Waals surface area (Å²) in [5.41, 5.74) is 8.25. The molecule has 4 heteroatoms. The zero-order chi connectivity index (χ0) is 14.7. The van der Waals surface area contributed by atoms with Gasteiger partial charge in [0.15, 0.2) is 0 Å². The molecular formula is C17H23N3O. The van der Waals surface area contributed by atoms with Gasteiger partial charge in [0.05, 0.1) is 24.3 Å². The predicted octanol–water partition coefficient (Wildman–Crippen LogP) is 2.35. The van der Waals surface area contributed by atoms with Gasteiger partial charge in [0.2, 0.25) is 0 Å². The summed E-state index contributed by atoms with van der Waals surface area (Å²) in [6.07, 6.45) is 3.04. The maximum absolute atomic E-state index is 5.94. The first-order valence-electron chi connectivity index (χ1n) is 7.74. The highest BCUT2D eigenvalue weighted by Crippen LogP contribution is 2.31. The Balaban J connectivity index is 1.98. The molecule has 0 aliphatic carbocycles. The number of ether oxygens (including phenoxy) is 1. The smallest absolute Gasteiger partial charge is 0.0894 e. The van der Waals surface area contributed by atoms with Gasteiger partial charge < -0.3 is 10.5 Å². The second-order valence-electron chi connectivity index (χ2n) is 5.58. The fourth-order valence-electron chi connectivity index (χ4n) is 3.23. The van der Waals surface area contributed by atoms with Crippen LogP contribution in [0.25, 0.3) is 10.9 Å². The van der Waals surface area contributed by atoms with Crippen LogP contribution in [0.3, 0.4) is 0 Å². The van der Waals surface area contributed by atoms with Crippen molar-refractivity contribution in [3.63, 3.8) is 0 Å². The van der Waals surface area contributed by atoms with Gasteiger partial charge in [-0.1, -0.05) is 19.1 Å². The predicted molar refractivity (Wildman–Crippen MR) is 85.1 cm³/mol. The first kappa shape index (κ1) is 14.4. The van der Waals surface area contributed by atoms with Gasteiger partial charge in [-0.25, -0.2) is 0 Å². The minimum absolute atomic E-state index is 0.0689. The lowest BCUT2D eigenvalue weighted by atomic mass is 9.96. The summed E-state index contributed by atoms with van der Waals surface area (Å²) in [6, 6.07) is 10.8. The van der Waals surface area contributed by atoms with Crippen molar-refractivity contribution in [2.45, 2.75) is 25.5 Å². The number of pyridine rings is 1. The van der Waals surface area contributed by atoms with Crippen LogP contribution in [0.2, 0.25) is 0 Å². The number of aromatic nitrogens is 1. The van der Waals surface area contributed by atoms with Crippen molar-refractivity contribution in [1.82, 2.24) is 9.88 Å². The Kier molecular flexibility index (Phi) is 4.48. The van der Waals surface area contributed by atoms with Gasteiger partial charge in [0.1, 0.15) is 0 Å². The first-order chi connectivity index (χ1) is 10.3. The van der Waals surface area contributed by atoms with E-state index in [0.717, 1.165) is 31.6 Å². The van der Waals surface area contributed by atoms with E-state index in [2.05, 4.69) is 41.1 Å². The molecule has 1 aromatic carbocycles. The van der Waals surface area contributed by atoms with E-state index in [4.69, 9.17) is 10.5 Å². The molecule has 1 aliphatic heterocycles. The Hall–Kier alpha value is -1.49. The molecule has 2 heterocycles. The van der Waals surface area contributed by atoms with Gasteiger partial charge in [0, 0.05) is 24.7 Å². The molecule has 2 aromatic rings. The lowest BCUT2D eigenvalue weighted by Gasteiger charge is -2.41. The molecule has 2 unspecified atom stereocenters. The van der Waals surface area contributed by atoms with E-state index < -0.39 is 0 Å². The molecule has 21 heavy (non-hydrogen) atoms. The number of benzene rings is 1. The zero-order valence-electron chi connectivity index (χ0n) is 12.5. The quantitative estimate of drug-likeness (QED) is 0.937. The van der Waals surface area contributed by atoms with E-state index >= 15 is 0 Å². The minimum Gasteiger partial charge on any atom is -0.374 e. The molecule has 2 N–H and O–H groups in total. The summed E-state index contributed by atoms with van der Waals surface area (Å²) in [6.45, 7) is 5.59. The topological polar surface area (TPSA) is 51.4 Å². The van der Waals surface area contributed by atoms with E-state index in [0.29, 0.717) is 6.54 Å². The van der Waals surface area contributed by atoms with Gasteiger partial charge in [-0.15, -0.1) is 0 Å². The number of nitrogens with zero attached hydrogens (tertiary/aromatic N) is 2. The molecule has 0 bridgehead atoms. The zero-order valence-corrected chi connectivity index (χ0v) is 12.5. The minimum atomic E-state index is 0.0689. The second kappa shape index (κ2) is 6.52. The Morgan fingerprint density at radius 2 is 2.29 bits per heavy atom. The van der Waals surface area contributed by atoms with E-state index in [1.54, 1.807) is 0 Å². The highest BCUT2D eigenvalue weighted by molar-refractivity contribution is 5.79. The van der Waals surface area contributed by atoms with E-state index in [1.807, 2.05) is 12.3 Å². The summed E-state index contributed by atoms with van der Waals surface area (Å²) in [5, 5.41) is 1.17. The summed E-state index contributed by atoms with van der Waals surface area (Å²) in [4.78, 5) is 6.89. The number of nitrogens with two attached hydrogens (primary N) is 1. The van der Waals surface area contributed by atoms with E-state index in [-0.39, 0.29) is 12.1 Å².